The van der Waals surface area contributed by atoms with Crippen molar-refractivity contribution in [3.05, 3.63) is 46.7 Å². The van der Waals surface area contributed by atoms with Gasteiger partial charge < -0.3 is 5.32 Å². The second-order valence-electron chi connectivity index (χ2n) is 6.26. The predicted molar refractivity (Wildman–Crippen MR) is 123 cm³/mol. The van der Waals surface area contributed by atoms with Crippen molar-refractivity contribution in [2.24, 2.45) is 0 Å². The van der Waals surface area contributed by atoms with Crippen molar-refractivity contribution in [1.29, 1.82) is 0 Å². The lowest BCUT2D eigenvalue weighted by Gasteiger charge is -2.16. The zero-order chi connectivity index (χ0) is 22.4. The number of thioether (sulfide) groups is 1. The zero-order valence-corrected chi connectivity index (χ0v) is 19.8. The molecule has 3 rings (SSSR count). The number of hydrogen-bond acceptors (Lipinski definition) is 9. The highest BCUT2D eigenvalue weighted by atomic mass is 32.2. The standard InChI is InChI=1S/C18H19N5O4S4/c1-12(24)19-13-5-7-15(8-6-13)31(26,27)23(2)10-16(25)20-17-21-22-18(30-17)29-11-14-4-3-9-28-14/h3-9H,10-11H2,1-2H3,(H,19,24)(H,20,21,25). The maximum Gasteiger partial charge on any atom is 0.243 e. The van der Waals surface area contributed by atoms with Gasteiger partial charge in [0.25, 0.3) is 0 Å². The molecule has 2 heterocycles. The van der Waals surface area contributed by atoms with E-state index in [2.05, 4.69) is 20.8 Å². The summed E-state index contributed by atoms with van der Waals surface area (Å²) in [4.78, 5) is 24.6. The van der Waals surface area contributed by atoms with Gasteiger partial charge in [-0.05, 0) is 35.7 Å². The maximum atomic E-state index is 12.7. The van der Waals surface area contributed by atoms with Crippen LogP contribution in [0.2, 0.25) is 0 Å². The Morgan fingerprint density at radius 1 is 1.13 bits per heavy atom. The minimum atomic E-state index is -3.88. The average molecular weight is 498 g/mol. The Bertz CT molecular complexity index is 1140. The van der Waals surface area contributed by atoms with E-state index in [0.717, 1.165) is 10.1 Å². The van der Waals surface area contributed by atoms with E-state index in [1.165, 1.54) is 66.2 Å². The van der Waals surface area contributed by atoms with E-state index in [9.17, 15) is 18.0 Å². The molecule has 0 aliphatic carbocycles. The summed E-state index contributed by atoms with van der Waals surface area (Å²) in [5.74, 6) is -0.0110. The summed E-state index contributed by atoms with van der Waals surface area (Å²) in [7, 11) is -2.56. The molecule has 2 amide bonds. The van der Waals surface area contributed by atoms with Crippen LogP contribution in [0.1, 0.15) is 11.8 Å². The predicted octanol–water partition coefficient (Wildman–Crippen LogP) is 3.11. The topological polar surface area (TPSA) is 121 Å². The van der Waals surface area contributed by atoms with Crippen LogP contribution >= 0.6 is 34.4 Å². The normalized spacial score (nSPS) is 11.5. The van der Waals surface area contributed by atoms with Crippen molar-refractivity contribution in [1.82, 2.24) is 14.5 Å². The van der Waals surface area contributed by atoms with E-state index in [4.69, 9.17) is 0 Å². The van der Waals surface area contributed by atoms with Crippen LogP contribution in [-0.4, -0.2) is 48.3 Å². The first-order valence-electron chi connectivity index (χ1n) is 8.86. The summed E-state index contributed by atoms with van der Waals surface area (Å²) in [6, 6.07) is 9.73. The van der Waals surface area contributed by atoms with Crippen LogP contribution in [0.4, 0.5) is 10.8 Å². The van der Waals surface area contributed by atoms with Gasteiger partial charge in [0.15, 0.2) is 4.34 Å². The number of nitrogens with one attached hydrogen (secondary N) is 2. The van der Waals surface area contributed by atoms with Gasteiger partial charge in [0.2, 0.25) is 27.0 Å². The number of benzene rings is 1. The Morgan fingerprint density at radius 3 is 2.52 bits per heavy atom. The Labute approximate surface area is 191 Å². The third-order valence-corrected chi connectivity index (χ3v) is 8.72. The molecule has 3 aromatic rings. The van der Waals surface area contributed by atoms with Crippen LogP contribution in [0.5, 0.6) is 0 Å². The van der Waals surface area contributed by atoms with Crippen molar-refractivity contribution >= 4 is 67.1 Å². The third kappa shape index (κ3) is 6.58. The molecule has 0 bridgehead atoms. The molecule has 1 aromatic carbocycles. The first kappa shape index (κ1) is 23.3. The van der Waals surface area contributed by atoms with Crippen LogP contribution < -0.4 is 10.6 Å². The summed E-state index contributed by atoms with van der Waals surface area (Å²) < 4.78 is 27.0. The molecule has 0 aliphatic rings. The fourth-order valence-electron chi connectivity index (χ4n) is 2.39. The Kier molecular flexibility index (Phi) is 7.78. The third-order valence-electron chi connectivity index (χ3n) is 3.82. The largest absolute Gasteiger partial charge is 0.326 e. The molecule has 0 saturated carbocycles. The van der Waals surface area contributed by atoms with Crippen LogP contribution in [-0.2, 0) is 25.4 Å². The maximum absolute atomic E-state index is 12.7. The summed E-state index contributed by atoms with van der Waals surface area (Å²) in [5.41, 5.74) is 0.482. The van der Waals surface area contributed by atoms with E-state index in [1.54, 1.807) is 11.3 Å². The van der Waals surface area contributed by atoms with Crippen molar-refractivity contribution in [3.8, 4) is 0 Å². The minimum absolute atomic E-state index is 0.0140. The zero-order valence-electron chi connectivity index (χ0n) is 16.6. The fourth-order valence-corrected chi connectivity index (χ4v) is 6.05. The highest BCUT2D eigenvalue weighted by molar-refractivity contribution is 8.00. The molecule has 2 aromatic heterocycles. The minimum Gasteiger partial charge on any atom is -0.326 e. The number of sulfonamides is 1. The molecule has 0 fully saturated rings. The number of amides is 2. The van der Waals surface area contributed by atoms with E-state index in [-0.39, 0.29) is 17.3 Å². The van der Waals surface area contributed by atoms with Crippen LogP contribution in [0.3, 0.4) is 0 Å². The smallest absolute Gasteiger partial charge is 0.243 e. The molecule has 2 N–H and O–H groups in total. The molecular weight excluding hydrogens is 478 g/mol. The number of thiophene rings is 1. The highest BCUT2D eigenvalue weighted by Gasteiger charge is 2.23. The Balaban J connectivity index is 1.55. The Morgan fingerprint density at radius 2 is 1.87 bits per heavy atom. The van der Waals surface area contributed by atoms with Gasteiger partial charge in [0.05, 0.1) is 11.4 Å². The second-order valence-corrected chi connectivity index (χ2v) is 11.5. The summed E-state index contributed by atoms with van der Waals surface area (Å²) in [6.45, 7) is 0.980. The van der Waals surface area contributed by atoms with Gasteiger partial charge in [-0.15, -0.1) is 21.5 Å². The molecule has 0 aliphatic heterocycles. The lowest BCUT2D eigenvalue weighted by atomic mass is 10.3. The molecule has 9 nitrogen and oxygen atoms in total. The highest BCUT2D eigenvalue weighted by Crippen LogP contribution is 2.29. The van der Waals surface area contributed by atoms with E-state index in [1.807, 2.05) is 17.5 Å². The number of carbonyl (C=O) groups is 2. The Hall–Kier alpha value is -2.32. The van der Waals surface area contributed by atoms with Crippen molar-refractivity contribution < 1.29 is 18.0 Å². The number of hydrogen-bond donors (Lipinski definition) is 2. The molecular formula is C18H19N5O4S4. The SMILES string of the molecule is CC(=O)Nc1ccc(S(=O)(=O)N(C)CC(=O)Nc2nnc(SCc3cccs3)s2)cc1. The van der Waals surface area contributed by atoms with Gasteiger partial charge in [-0.1, -0.05) is 29.2 Å². The number of aromatic nitrogens is 2. The summed E-state index contributed by atoms with van der Waals surface area (Å²) >= 11 is 4.40. The first-order chi connectivity index (χ1) is 14.7. The monoisotopic (exact) mass is 497 g/mol. The van der Waals surface area contributed by atoms with Crippen LogP contribution in [0.25, 0.3) is 0 Å². The number of anilines is 2. The molecule has 0 radical (unpaired) electrons. The van der Waals surface area contributed by atoms with Crippen molar-refractivity contribution in [2.75, 3.05) is 24.2 Å². The molecule has 13 heteroatoms. The van der Waals surface area contributed by atoms with Gasteiger partial charge in [-0.2, -0.15) is 4.31 Å². The molecule has 31 heavy (non-hydrogen) atoms. The van der Waals surface area contributed by atoms with Gasteiger partial charge in [-0.25, -0.2) is 8.42 Å². The number of carbonyl (C=O) groups excluding carboxylic acids is 2. The van der Waals surface area contributed by atoms with Crippen LogP contribution in [0.15, 0.2) is 51.0 Å². The summed E-state index contributed by atoms with van der Waals surface area (Å²) in [6.07, 6.45) is 0. The number of rotatable bonds is 9. The number of likely N-dealkylation sites (N-methyl/N-ethyl adjacent to an activating group) is 1. The molecule has 0 spiro atoms. The van der Waals surface area contributed by atoms with E-state index >= 15 is 0 Å². The van der Waals surface area contributed by atoms with Gasteiger partial charge >= 0.3 is 0 Å². The number of nitrogens with zero attached hydrogens (tertiary/aromatic N) is 3. The van der Waals surface area contributed by atoms with Crippen molar-refractivity contribution in [3.63, 3.8) is 0 Å². The van der Waals surface area contributed by atoms with Gasteiger partial charge in [0.1, 0.15) is 0 Å². The molecule has 0 unspecified atom stereocenters. The second kappa shape index (κ2) is 10.3. The lowest BCUT2D eigenvalue weighted by Crippen LogP contribution is -2.34. The van der Waals surface area contributed by atoms with Gasteiger partial charge in [0, 0.05) is 30.3 Å². The van der Waals surface area contributed by atoms with Gasteiger partial charge in [-0.3, -0.25) is 14.9 Å². The van der Waals surface area contributed by atoms with Crippen molar-refractivity contribution in [2.45, 2.75) is 21.9 Å². The van der Waals surface area contributed by atoms with Crippen LogP contribution in [0, 0.1) is 0 Å². The first-order valence-corrected chi connectivity index (χ1v) is 13.0. The molecule has 164 valence electrons. The summed E-state index contributed by atoms with van der Waals surface area (Å²) in [5, 5.41) is 15.4. The molecule has 0 saturated heterocycles. The average Bonchev–Trinajstić information content (AvgIpc) is 3.38. The molecule has 0 atom stereocenters. The van der Waals surface area contributed by atoms with E-state index in [0.29, 0.717) is 15.2 Å². The fraction of sp³-hybridized carbons (Fsp3) is 0.222. The lowest BCUT2D eigenvalue weighted by molar-refractivity contribution is -0.116. The quantitative estimate of drug-likeness (QED) is 0.344. The van der Waals surface area contributed by atoms with E-state index < -0.39 is 15.9 Å².